The van der Waals surface area contributed by atoms with Crippen LogP contribution in [0.15, 0.2) is 18.5 Å². The average molecular weight is 295 g/mol. The number of aryl methyl sites for hydroxylation is 1. The quantitative estimate of drug-likeness (QED) is 0.888. The molecule has 1 fully saturated rings. The summed E-state index contributed by atoms with van der Waals surface area (Å²) >= 11 is 1.68. The summed E-state index contributed by atoms with van der Waals surface area (Å²) in [7, 11) is 0. The van der Waals surface area contributed by atoms with E-state index in [4.69, 9.17) is 5.11 Å². The van der Waals surface area contributed by atoms with Crippen LogP contribution in [0.1, 0.15) is 12.0 Å². The second-order valence-electron chi connectivity index (χ2n) is 4.70. The van der Waals surface area contributed by atoms with Gasteiger partial charge in [-0.3, -0.25) is 9.78 Å². The number of carboxylic acid groups (broad SMARTS) is 1. The largest absolute Gasteiger partial charge is 0.481 e. The third-order valence-electron chi connectivity index (χ3n) is 3.02. The number of nitrogens with zero attached hydrogens (tertiary/aromatic N) is 2. The number of amides is 2. The molecule has 0 bridgehead atoms. The van der Waals surface area contributed by atoms with Crippen molar-refractivity contribution in [3.05, 3.63) is 24.0 Å². The van der Waals surface area contributed by atoms with E-state index in [1.165, 1.54) is 0 Å². The van der Waals surface area contributed by atoms with Gasteiger partial charge in [-0.1, -0.05) is 0 Å². The number of carbonyl (C=O) groups is 2. The fourth-order valence-electron chi connectivity index (χ4n) is 2.11. The van der Waals surface area contributed by atoms with E-state index >= 15 is 0 Å². The van der Waals surface area contributed by atoms with Crippen molar-refractivity contribution in [1.29, 1.82) is 0 Å². The molecule has 0 radical (unpaired) electrons. The van der Waals surface area contributed by atoms with E-state index in [1.54, 1.807) is 29.1 Å². The lowest BCUT2D eigenvalue weighted by molar-refractivity contribution is -0.137. The average Bonchev–Trinajstić information content (AvgIpc) is 2.38. The molecule has 2 N–H and O–H groups in total. The predicted molar refractivity (Wildman–Crippen MR) is 78.1 cm³/mol. The van der Waals surface area contributed by atoms with E-state index in [0.717, 1.165) is 11.3 Å². The van der Waals surface area contributed by atoms with Crippen molar-refractivity contribution >= 4 is 29.4 Å². The van der Waals surface area contributed by atoms with Gasteiger partial charge in [0.15, 0.2) is 0 Å². The van der Waals surface area contributed by atoms with Gasteiger partial charge in [0.2, 0.25) is 0 Å². The molecule has 1 atom stereocenters. The Kier molecular flexibility index (Phi) is 4.84. The van der Waals surface area contributed by atoms with Crippen LogP contribution in [-0.2, 0) is 4.79 Å². The molecule has 0 aromatic carbocycles. The highest BCUT2D eigenvalue weighted by Gasteiger charge is 2.28. The van der Waals surface area contributed by atoms with Crippen LogP contribution in [-0.4, -0.2) is 51.1 Å². The van der Waals surface area contributed by atoms with E-state index in [-0.39, 0.29) is 18.5 Å². The van der Waals surface area contributed by atoms with Gasteiger partial charge in [-0.25, -0.2) is 4.79 Å². The van der Waals surface area contributed by atoms with Crippen molar-refractivity contribution in [2.24, 2.45) is 0 Å². The van der Waals surface area contributed by atoms with Gasteiger partial charge in [-0.2, -0.15) is 11.8 Å². The molecule has 1 unspecified atom stereocenters. The van der Waals surface area contributed by atoms with Crippen LogP contribution in [0, 0.1) is 6.92 Å². The lowest BCUT2D eigenvalue weighted by atomic mass is 10.2. The number of urea groups is 1. The Morgan fingerprint density at radius 1 is 1.55 bits per heavy atom. The Labute approximate surface area is 121 Å². The molecule has 0 aliphatic carbocycles. The summed E-state index contributed by atoms with van der Waals surface area (Å²) in [6.07, 6.45) is 3.27. The third-order valence-corrected chi connectivity index (χ3v) is 4.12. The number of carboxylic acids is 1. The van der Waals surface area contributed by atoms with Gasteiger partial charge in [-0.15, -0.1) is 0 Å². The van der Waals surface area contributed by atoms with Crippen LogP contribution in [0.25, 0.3) is 0 Å². The smallest absolute Gasteiger partial charge is 0.322 e. The fourth-order valence-corrected chi connectivity index (χ4v) is 3.17. The maximum absolute atomic E-state index is 12.3. The standard InChI is InChI=1S/C13H17N3O3S/c1-9-4-10(7-14-6-9)15-13(19)16-2-3-20-8-11(16)5-12(17)18/h4,6-7,11H,2-3,5,8H2,1H3,(H,15,19)(H,17,18). The number of aliphatic carboxylic acids is 1. The zero-order valence-electron chi connectivity index (χ0n) is 11.2. The first-order chi connectivity index (χ1) is 9.56. The van der Waals surface area contributed by atoms with E-state index < -0.39 is 5.97 Å². The number of pyridine rings is 1. The predicted octanol–water partition coefficient (Wildman–Crippen LogP) is 1.81. The minimum Gasteiger partial charge on any atom is -0.481 e. The summed E-state index contributed by atoms with van der Waals surface area (Å²) in [5, 5.41) is 11.7. The molecule has 20 heavy (non-hydrogen) atoms. The zero-order chi connectivity index (χ0) is 14.5. The third kappa shape index (κ3) is 3.86. The molecule has 1 aromatic rings. The molecule has 1 aromatic heterocycles. The number of hydrogen-bond donors (Lipinski definition) is 2. The lowest BCUT2D eigenvalue weighted by Gasteiger charge is -2.34. The van der Waals surface area contributed by atoms with Gasteiger partial charge in [0, 0.05) is 24.2 Å². The summed E-state index contributed by atoms with van der Waals surface area (Å²) in [6.45, 7) is 2.46. The van der Waals surface area contributed by atoms with Crippen molar-refractivity contribution in [3.8, 4) is 0 Å². The monoisotopic (exact) mass is 295 g/mol. The number of rotatable bonds is 3. The summed E-state index contributed by atoms with van der Waals surface area (Å²) in [6, 6.07) is 1.31. The van der Waals surface area contributed by atoms with Gasteiger partial charge in [0.05, 0.1) is 24.3 Å². The van der Waals surface area contributed by atoms with E-state index in [1.807, 2.05) is 13.0 Å². The van der Waals surface area contributed by atoms with E-state index in [2.05, 4.69) is 10.3 Å². The van der Waals surface area contributed by atoms with Crippen LogP contribution in [0.5, 0.6) is 0 Å². The number of aromatic nitrogens is 1. The van der Waals surface area contributed by atoms with Crippen molar-refractivity contribution in [2.75, 3.05) is 23.4 Å². The molecule has 1 aliphatic rings. The Balaban J connectivity index is 2.04. The minimum absolute atomic E-state index is 0.0213. The maximum atomic E-state index is 12.3. The van der Waals surface area contributed by atoms with Gasteiger partial charge in [0.1, 0.15) is 0 Å². The number of anilines is 1. The summed E-state index contributed by atoms with van der Waals surface area (Å²) < 4.78 is 0. The summed E-state index contributed by atoms with van der Waals surface area (Å²) in [4.78, 5) is 28.7. The first-order valence-electron chi connectivity index (χ1n) is 6.35. The molecular weight excluding hydrogens is 278 g/mol. The molecule has 2 amide bonds. The fraction of sp³-hybridized carbons (Fsp3) is 0.462. The normalized spacial score (nSPS) is 18.6. The Hall–Kier alpha value is -1.76. The number of thioether (sulfide) groups is 1. The molecule has 1 saturated heterocycles. The number of hydrogen-bond acceptors (Lipinski definition) is 4. The van der Waals surface area contributed by atoms with Gasteiger partial charge >= 0.3 is 12.0 Å². The minimum atomic E-state index is -0.882. The van der Waals surface area contributed by atoms with E-state index in [0.29, 0.717) is 18.0 Å². The first kappa shape index (κ1) is 14.6. The summed E-state index contributed by atoms with van der Waals surface area (Å²) in [5.41, 5.74) is 1.58. The highest BCUT2D eigenvalue weighted by atomic mass is 32.2. The molecule has 0 saturated carbocycles. The lowest BCUT2D eigenvalue weighted by Crippen LogP contribution is -2.48. The molecular formula is C13H17N3O3S. The van der Waals surface area contributed by atoms with Crippen molar-refractivity contribution < 1.29 is 14.7 Å². The maximum Gasteiger partial charge on any atom is 0.322 e. The van der Waals surface area contributed by atoms with Crippen LogP contribution in [0.2, 0.25) is 0 Å². The Morgan fingerprint density at radius 2 is 2.35 bits per heavy atom. The zero-order valence-corrected chi connectivity index (χ0v) is 12.0. The Morgan fingerprint density at radius 3 is 3.05 bits per heavy atom. The molecule has 1 aliphatic heterocycles. The Bertz CT molecular complexity index is 509. The van der Waals surface area contributed by atoms with Crippen molar-refractivity contribution in [3.63, 3.8) is 0 Å². The molecule has 7 heteroatoms. The van der Waals surface area contributed by atoms with Gasteiger partial charge in [0.25, 0.3) is 0 Å². The van der Waals surface area contributed by atoms with Crippen molar-refractivity contribution in [2.45, 2.75) is 19.4 Å². The SMILES string of the molecule is Cc1cncc(NC(=O)N2CCSCC2CC(=O)O)c1. The summed E-state index contributed by atoms with van der Waals surface area (Å²) in [5.74, 6) is 0.606. The molecule has 2 rings (SSSR count). The first-order valence-corrected chi connectivity index (χ1v) is 7.50. The van der Waals surface area contributed by atoms with E-state index in [9.17, 15) is 9.59 Å². The van der Waals surface area contributed by atoms with Crippen LogP contribution in [0.4, 0.5) is 10.5 Å². The highest BCUT2D eigenvalue weighted by molar-refractivity contribution is 7.99. The van der Waals surface area contributed by atoms with Crippen LogP contribution in [0.3, 0.4) is 0 Å². The highest BCUT2D eigenvalue weighted by Crippen LogP contribution is 2.20. The molecule has 0 spiro atoms. The topological polar surface area (TPSA) is 82.5 Å². The molecule has 2 heterocycles. The van der Waals surface area contributed by atoms with Crippen molar-refractivity contribution in [1.82, 2.24) is 9.88 Å². The second-order valence-corrected chi connectivity index (χ2v) is 5.85. The molecule has 108 valence electrons. The number of carbonyl (C=O) groups excluding carboxylic acids is 1. The number of nitrogens with one attached hydrogen (secondary N) is 1. The second kappa shape index (κ2) is 6.60. The van der Waals surface area contributed by atoms with Crippen LogP contribution >= 0.6 is 11.8 Å². The molecule has 6 nitrogen and oxygen atoms in total. The van der Waals surface area contributed by atoms with Gasteiger partial charge in [-0.05, 0) is 18.6 Å². The van der Waals surface area contributed by atoms with Crippen LogP contribution < -0.4 is 5.32 Å². The van der Waals surface area contributed by atoms with Gasteiger partial charge < -0.3 is 15.3 Å².